The number of carbonyl (C=O) groups is 1. The number of aromatic amines is 1. The Balaban J connectivity index is 1.19. The summed E-state index contributed by atoms with van der Waals surface area (Å²) >= 11 is 0. The van der Waals surface area contributed by atoms with E-state index in [1.807, 2.05) is 57.3 Å². The number of anilines is 2. The minimum atomic E-state index is -3.72. The minimum Gasteiger partial charge on any atom is -0.444 e. The predicted octanol–water partition coefficient (Wildman–Crippen LogP) is 5.50. The molecule has 1 aliphatic rings. The number of nitrogens with zero attached hydrogens (tertiary/aromatic N) is 4. The molecule has 4 aromatic rings. The highest BCUT2D eigenvalue weighted by Gasteiger charge is 2.30. The molecule has 0 aliphatic carbocycles. The van der Waals surface area contributed by atoms with Gasteiger partial charge in [-0.05, 0) is 69.2 Å². The third-order valence-corrected chi connectivity index (χ3v) is 8.52. The molecule has 1 amide bonds. The Morgan fingerprint density at radius 1 is 0.976 bits per heavy atom. The average Bonchev–Trinajstić information content (AvgIpc) is 3.28. The van der Waals surface area contributed by atoms with E-state index in [9.17, 15) is 13.2 Å². The fourth-order valence-electron chi connectivity index (χ4n) is 4.56. The maximum atomic E-state index is 13.3. The fraction of sp³-hybridized carbons (Fsp3) is 0.300. The van der Waals surface area contributed by atoms with Crippen molar-refractivity contribution in [1.82, 2.24) is 24.2 Å². The number of fused-ring (bicyclic) bond motifs is 1. The summed E-state index contributed by atoms with van der Waals surface area (Å²) in [6.07, 6.45) is 9.46. The lowest BCUT2D eigenvalue weighted by Crippen LogP contribution is -2.40. The first-order valence-corrected chi connectivity index (χ1v) is 14.9. The van der Waals surface area contributed by atoms with Crippen molar-refractivity contribution in [2.24, 2.45) is 0 Å². The molecular weight excluding hydrogens is 540 g/mol. The zero-order chi connectivity index (χ0) is 29.0. The van der Waals surface area contributed by atoms with Crippen LogP contribution in [0.15, 0.2) is 72.0 Å². The van der Waals surface area contributed by atoms with Crippen LogP contribution in [0.1, 0.15) is 38.3 Å². The third-order valence-electron chi connectivity index (χ3n) is 6.61. The van der Waals surface area contributed by atoms with Crippen molar-refractivity contribution in [1.29, 1.82) is 0 Å². The second-order valence-electron chi connectivity index (χ2n) is 10.8. The Hall–Kier alpha value is -4.22. The van der Waals surface area contributed by atoms with E-state index in [0.717, 1.165) is 22.0 Å². The van der Waals surface area contributed by atoms with Crippen molar-refractivity contribution in [2.75, 3.05) is 31.5 Å². The summed E-state index contributed by atoms with van der Waals surface area (Å²) in [7, 11) is -3.72. The summed E-state index contributed by atoms with van der Waals surface area (Å²) in [5.74, 6) is 0.403. The standard InChI is InChI=1S/C30H34N6O4S/c1-30(2,3)40-29(37)35-16-5-17-36(19-18-35)41(38,39)25-12-10-24(11-13-25)34-28-32-20-22(21-33-28)8-9-23-6-4-7-27-26(23)14-15-31-27/h4,6-15,20-21,31H,5,16-19H2,1-3H3,(H,32,33,34)/b9-8+. The van der Waals surface area contributed by atoms with Gasteiger partial charge in [0.15, 0.2) is 0 Å². The van der Waals surface area contributed by atoms with E-state index in [-0.39, 0.29) is 18.0 Å². The van der Waals surface area contributed by atoms with E-state index in [4.69, 9.17) is 4.74 Å². The third kappa shape index (κ3) is 6.93. The van der Waals surface area contributed by atoms with Crippen molar-refractivity contribution in [3.05, 3.63) is 78.2 Å². The zero-order valence-electron chi connectivity index (χ0n) is 23.4. The zero-order valence-corrected chi connectivity index (χ0v) is 24.2. The number of nitrogens with one attached hydrogen (secondary N) is 2. The number of amides is 1. The van der Waals surface area contributed by atoms with Crippen molar-refractivity contribution >= 4 is 50.8 Å². The van der Waals surface area contributed by atoms with Crippen molar-refractivity contribution in [3.8, 4) is 0 Å². The Morgan fingerprint density at radius 3 is 2.46 bits per heavy atom. The molecule has 2 aromatic heterocycles. The number of ether oxygens (including phenoxy) is 1. The first-order valence-electron chi connectivity index (χ1n) is 13.5. The SMILES string of the molecule is CC(C)(C)OC(=O)N1CCCN(S(=O)(=O)c2ccc(Nc3ncc(/C=C/c4cccc5[nH]ccc45)cn3)cc2)CC1. The van der Waals surface area contributed by atoms with Gasteiger partial charge in [-0.25, -0.2) is 23.2 Å². The van der Waals surface area contributed by atoms with Crippen molar-refractivity contribution < 1.29 is 17.9 Å². The van der Waals surface area contributed by atoms with Gasteiger partial charge in [0, 0.05) is 66.9 Å². The molecule has 0 spiro atoms. The number of aromatic nitrogens is 3. The highest BCUT2D eigenvalue weighted by Crippen LogP contribution is 2.23. The number of hydrogen-bond acceptors (Lipinski definition) is 7. The molecule has 0 unspecified atom stereocenters. The number of benzene rings is 2. The largest absolute Gasteiger partial charge is 0.444 e. The van der Waals surface area contributed by atoms with E-state index in [1.54, 1.807) is 41.6 Å². The van der Waals surface area contributed by atoms with Crippen molar-refractivity contribution in [3.63, 3.8) is 0 Å². The highest BCUT2D eigenvalue weighted by atomic mass is 32.2. The van der Waals surface area contributed by atoms with Crippen LogP contribution >= 0.6 is 0 Å². The Morgan fingerprint density at radius 2 is 1.73 bits per heavy atom. The van der Waals surface area contributed by atoms with Gasteiger partial charge < -0.3 is 19.9 Å². The summed E-state index contributed by atoms with van der Waals surface area (Å²) < 4.78 is 33.5. The average molecular weight is 575 g/mol. The van der Waals surface area contributed by atoms with Gasteiger partial charge in [-0.2, -0.15) is 4.31 Å². The smallest absolute Gasteiger partial charge is 0.410 e. The number of carbonyl (C=O) groups excluding carboxylic acids is 1. The first-order chi connectivity index (χ1) is 19.6. The Bertz CT molecular complexity index is 1640. The van der Waals surface area contributed by atoms with Crippen LogP contribution in [0.3, 0.4) is 0 Å². The van der Waals surface area contributed by atoms with Gasteiger partial charge in [0.25, 0.3) is 0 Å². The molecule has 10 nitrogen and oxygen atoms in total. The molecule has 0 bridgehead atoms. The van der Waals surface area contributed by atoms with E-state index < -0.39 is 21.7 Å². The number of hydrogen-bond donors (Lipinski definition) is 2. The lowest BCUT2D eigenvalue weighted by molar-refractivity contribution is 0.0260. The molecule has 214 valence electrons. The predicted molar refractivity (Wildman–Crippen MR) is 160 cm³/mol. The van der Waals surface area contributed by atoms with E-state index in [2.05, 4.69) is 26.3 Å². The van der Waals surface area contributed by atoms with Crippen LogP contribution in [0.2, 0.25) is 0 Å². The van der Waals surface area contributed by atoms with Crippen LogP contribution < -0.4 is 5.32 Å². The van der Waals surface area contributed by atoms with Gasteiger partial charge >= 0.3 is 6.09 Å². The molecule has 0 radical (unpaired) electrons. The summed E-state index contributed by atoms with van der Waals surface area (Å²) in [5.41, 5.74) is 3.10. The first kappa shape index (κ1) is 28.3. The number of rotatable bonds is 6. The second kappa shape index (κ2) is 11.7. The van der Waals surface area contributed by atoms with E-state index >= 15 is 0 Å². The molecule has 3 heterocycles. The minimum absolute atomic E-state index is 0.188. The number of sulfonamides is 1. The second-order valence-corrected chi connectivity index (χ2v) is 12.8. The van der Waals surface area contributed by atoms with E-state index in [0.29, 0.717) is 31.1 Å². The molecule has 0 atom stereocenters. The summed E-state index contributed by atoms with van der Waals surface area (Å²) in [4.78, 5) is 26.2. The van der Waals surface area contributed by atoms with Crippen LogP contribution in [0.5, 0.6) is 0 Å². The van der Waals surface area contributed by atoms with Crippen LogP contribution in [-0.2, 0) is 14.8 Å². The summed E-state index contributed by atoms with van der Waals surface area (Å²) in [5, 5.41) is 4.26. The van der Waals surface area contributed by atoms with Gasteiger partial charge in [0.1, 0.15) is 5.60 Å². The molecule has 2 aromatic carbocycles. The summed E-state index contributed by atoms with van der Waals surface area (Å²) in [6.45, 7) is 6.69. The quantitative estimate of drug-likeness (QED) is 0.312. The number of H-pyrrole nitrogens is 1. The maximum Gasteiger partial charge on any atom is 0.410 e. The maximum absolute atomic E-state index is 13.3. The van der Waals surface area contributed by atoms with Gasteiger partial charge in [0.05, 0.1) is 4.90 Å². The molecule has 1 fully saturated rings. The topological polar surface area (TPSA) is 121 Å². The van der Waals surface area contributed by atoms with Gasteiger partial charge in [-0.1, -0.05) is 24.3 Å². The Labute approximate surface area is 240 Å². The molecule has 41 heavy (non-hydrogen) atoms. The monoisotopic (exact) mass is 574 g/mol. The van der Waals surface area contributed by atoms with Gasteiger partial charge in [-0.15, -0.1) is 0 Å². The van der Waals surface area contributed by atoms with Gasteiger partial charge in [-0.3, -0.25) is 0 Å². The highest BCUT2D eigenvalue weighted by molar-refractivity contribution is 7.89. The fourth-order valence-corrected chi connectivity index (χ4v) is 6.03. The molecule has 2 N–H and O–H groups in total. The molecule has 1 aliphatic heterocycles. The Kier molecular flexibility index (Phi) is 8.09. The summed E-state index contributed by atoms with van der Waals surface area (Å²) in [6, 6.07) is 14.6. The molecule has 5 rings (SSSR count). The van der Waals surface area contributed by atoms with Crippen LogP contribution in [0, 0.1) is 0 Å². The lowest BCUT2D eigenvalue weighted by Gasteiger charge is -2.26. The van der Waals surface area contributed by atoms with Crippen molar-refractivity contribution in [2.45, 2.75) is 37.7 Å². The van der Waals surface area contributed by atoms with Gasteiger partial charge in [0.2, 0.25) is 16.0 Å². The molecule has 11 heteroatoms. The molecule has 0 saturated carbocycles. The van der Waals surface area contributed by atoms with Crippen LogP contribution in [0.4, 0.5) is 16.4 Å². The molecular formula is C30H34N6O4S. The van der Waals surface area contributed by atoms with Crippen LogP contribution in [-0.4, -0.2) is 70.4 Å². The van der Waals surface area contributed by atoms with E-state index in [1.165, 1.54) is 4.31 Å². The molecule has 1 saturated heterocycles. The lowest BCUT2D eigenvalue weighted by atomic mass is 10.1. The van der Waals surface area contributed by atoms with Crippen LogP contribution in [0.25, 0.3) is 23.1 Å². The normalized spacial score (nSPS) is 15.2.